The molecule has 3 amide bonds. The molecule has 0 unspecified atom stereocenters. The van der Waals surface area contributed by atoms with E-state index in [1.54, 1.807) is 31.4 Å². The van der Waals surface area contributed by atoms with Crippen LogP contribution in [-0.2, 0) is 9.53 Å². The third kappa shape index (κ3) is 4.39. The van der Waals surface area contributed by atoms with Gasteiger partial charge >= 0.3 is 0 Å². The van der Waals surface area contributed by atoms with Gasteiger partial charge in [0.1, 0.15) is 0 Å². The molecule has 124 valence electrons. The van der Waals surface area contributed by atoms with E-state index in [1.807, 2.05) is 0 Å². The molecule has 0 saturated heterocycles. The molecule has 0 spiro atoms. The number of amides is 3. The summed E-state index contributed by atoms with van der Waals surface area (Å²) >= 11 is 0. The van der Waals surface area contributed by atoms with Gasteiger partial charge in [0.05, 0.1) is 17.7 Å². The van der Waals surface area contributed by atoms with E-state index in [2.05, 4.69) is 5.32 Å². The molecule has 0 aromatic heterocycles. The minimum absolute atomic E-state index is 0.00257. The van der Waals surface area contributed by atoms with E-state index in [4.69, 9.17) is 4.74 Å². The zero-order valence-corrected chi connectivity index (χ0v) is 13.3. The van der Waals surface area contributed by atoms with Gasteiger partial charge in [0.15, 0.2) is 0 Å². The van der Waals surface area contributed by atoms with Gasteiger partial charge in [0.2, 0.25) is 5.91 Å². The first-order chi connectivity index (χ1) is 11.1. The van der Waals surface area contributed by atoms with Crippen molar-refractivity contribution in [2.75, 3.05) is 26.8 Å². The first-order valence-corrected chi connectivity index (χ1v) is 7.86. The molecule has 1 aliphatic rings. The number of imide groups is 1. The number of carbonyl (C=O) groups is 3. The van der Waals surface area contributed by atoms with Crippen molar-refractivity contribution >= 4 is 17.7 Å². The van der Waals surface area contributed by atoms with E-state index in [1.165, 1.54) is 4.90 Å². The van der Waals surface area contributed by atoms with Crippen LogP contribution in [0.2, 0.25) is 0 Å². The summed E-state index contributed by atoms with van der Waals surface area (Å²) in [7, 11) is 1.59. The van der Waals surface area contributed by atoms with E-state index >= 15 is 0 Å². The Labute approximate surface area is 135 Å². The Morgan fingerprint density at radius 2 is 1.74 bits per heavy atom. The van der Waals surface area contributed by atoms with Gasteiger partial charge in [-0.05, 0) is 25.0 Å². The number of hydrogen-bond acceptors (Lipinski definition) is 4. The molecule has 0 aliphatic carbocycles. The van der Waals surface area contributed by atoms with Crippen LogP contribution in [-0.4, -0.2) is 49.4 Å². The highest BCUT2D eigenvalue weighted by Crippen LogP contribution is 2.22. The van der Waals surface area contributed by atoms with Crippen LogP contribution >= 0.6 is 0 Å². The van der Waals surface area contributed by atoms with Crippen molar-refractivity contribution in [3.63, 3.8) is 0 Å². The fraction of sp³-hybridized carbons (Fsp3) is 0.471. The molecule has 1 heterocycles. The van der Waals surface area contributed by atoms with Gasteiger partial charge in [0, 0.05) is 26.6 Å². The smallest absolute Gasteiger partial charge is 0.261 e. The number of rotatable bonds is 9. The Hall–Kier alpha value is -2.21. The number of nitrogens with one attached hydrogen (secondary N) is 1. The number of unbranched alkanes of at least 4 members (excludes halogenated alkanes) is 2. The van der Waals surface area contributed by atoms with E-state index in [0.29, 0.717) is 43.7 Å². The van der Waals surface area contributed by atoms with Gasteiger partial charge < -0.3 is 10.1 Å². The quantitative estimate of drug-likeness (QED) is 0.554. The van der Waals surface area contributed by atoms with Crippen molar-refractivity contribution in [1.29, 1.82) is 0 Å². The highest BCUT2D eigenvalue weighted by Gasteiger charge is 2.34. The van der Waals surface area contributed by atoms with Crippen molar-refractivity contribution < 1.29 is 19.1 Å². The molecule has 1 aromatic carbocycles. The molecule has 6 heteroatoms. The van der Waals surface area contributed by atoms with Crippen molar-refractivity contribution in [3.05, 3.63) is 35.4 Å². The molecule has 0 atom stereocenters. The fourth-order valence-corrected chi connectivity index (χ4v) is 2.56. The molecule has 1 aromatic rings. The number of ether oxygens (including phenoxy) is 1. The average Bonchev–Trinajstić information content (AvgIpc) is 2.80. The van der Waals surface area contributed by atoms with Gasteiger partial charge in [-0.2, -0.15) is 0 Å². The van der Waals surface area contributed by atoms with Crippen LogP contribution in [0.25, 0.3) is 0 Å². The topological polar surface area (TPSA) is 75.7 Å². The van der Waals surface area contributed by atoms with E-state index < -0.39 is 0 Å². The van der Waals surface area contributed by atoms with Crippen LogP contribution in [0.5, 0.6) is 0 Å². The minimum atomic E-state index is -0.220. The van der Waals surface area contributed by atoms with Gasteiger partial charge in [0.25, 0.3) is 11.8 Å². The predicted molar refractivity (Wildman–Crippen MR) is 85.2 cm³/mol. The maximum absolute atomic E-state index is 12.2. The Kier molecular flexibility index (Phi) is 6.29. The highest BCUT2D eigenvalue weighted by molar-refractivity contribution is 6.21. The molecule has 1 N–H and O–H groups in total. The lowest BCUT2D eigenvalue weighted by molar-refractivity contribution is -0.121. The Bertz CT molecular complexity index is 551. The number of methoxy groups -OCH3 is 1. The molecule has 23 heavy (non-hydrogen) atoms. The molecule has 1 aliphatic heterocycles. The number of benzene rings is 1. The summed E-state index contributed by atoms with van der Waals surface area (Å²) in [5.74, 6) is -0.436. The first kappa shape index (κ1) is 17.1. The molecule has 0 saturated carbocycles. The van der Waals surface area contributed by atoms with Crippen LogP contribution in [0.1, 0.15) is 46.4 Å². The second-order valence-electron chi connectivity index (χ2n) is 5.46. The van der Waals surface area contributed by atoms with Gasteiger partial charge in [-0.25, -0.2) is 0 Å². The van der Waals surface area contributed by atoms with E-state index in [-0.39, 0.29) is 17.7 Å². The van der Waals surface area contributed by atoms with Crippen LogP contribution in [0.3, 0.4) is 0 Å². The minimum Gasteiger partial charge on any atom is -0.383 e. The van der Waals surface area contributed by atoms with Gasteiger partial charge in [-0.3, -0.25) is 19.3 Å². The molecular formula is C17H22N2O4. The maximum Gasteiger partial charge on any atom is 0.261 e. The second-order valence-corrected chi connectivity index (χ2v) is 5.46. The SMILES string of the molecule is COCCNC(=O)CCCCCN1C(=O)c2ccccc2C1=O. The van der Waals surface area contributed by atoms with Crippen LogP contribution in [0.15, 0.2) is 24.3 Å². The number of carbonyl (C=O) groups excluding carboxylic acids is 3. The average molecular weight is 318 g/mol. The summed E-state index contributed by atoms with van der Waals surface area (Å²) in [6, 6.07) is 6.88. The fourth-order valence-electron chi connectivity index (χ4n) is 2.56. The summed E-state index contributed by atoms with van der Waals surface area (Å²) in [4.78, 5) is 37.1. The second kappa shape index (κ2) is 8.43. The summed E-state index contributed by atoms with van der Waals surface area (Å²) in [6.07, 6.45) is 2.69. The standard InChI is InChI=1S/C17H22N2O4/c1-23-12-10-18-15(20)9-3-2-6-11-19-16(21)13-7-4-5-8-14(13)17(19)22/h4-5,7-8H,2-3,6,9-12H2,1H3,(H,18,20). The third-order valence-electron chi connectivity index (χ3n) is 3.79. The van der Waals surface area contributed by atoms with E-state index in [9.17, 15) is 14.4 Å². The molecule has 0 fully saturated rings. The largest absolute Gasteiger partial charge is 0.383 e. The van der Waals surface area contributed by atoms with Crippen LogP contribution < -0.4 is 5.32 Å². The lowest BCUT2D eigenvalue weighted by atomic mass is 10.1. The maximum atomic E-state index is 12.2. The summed E-state index contributed by atoms with van der Waals surface area (Å²) in [6.45, 7) is 1.42. The molecule has 0 bridgehead atoms. The van der Waals surface area contributed by atoms with Crippen LogP contribution in [0.4, 0.5) is 0 Å². The summed E-state index contributed by atoms with van der Waals surface area (Å²) < 4.78 is 4.85. The predicted octanol–water partition coefficient (Wildman–Crippen LogP) is 1.61. The normalized spacial score (nSPS) is 13.3. The highest BCUT2D eigenvalue weighted by atomic mass is 16.5. The van der Waals surface area contributed by atoms with Crippen molar-refractivity contribution in [2.24, 2.45) is 0 Å². The Balaban J connectivity index is 1.67. The number of nitrogens with zero attached hydrogens (tertiary/aromatic N) is 1. The van der Waals surface area contributed by atoms with Gasteiger partial charge in [-0.1, -0.05) is 18.6 Å². The van der Waals surface area contributed by atoms with Crippen molar-refractivity contribution in [3.8, 4) is 0 Å². The van der Waals surface area contributed by atoms with E-state index in [0.717, 1.165) is 12.8 Å². The van der Waals surface area contributed by atoms with Crippen molar-refractivity contribution in [1.82, 2.24) is 10.2 Å². The molecule has 0 radical (unpaired) electrons. The van der Waals surface area contributed by atoms with Gasteiger partial charge in [-0.15, -0.1) is 0 Å². The molecular weight excluding hydrogens is 296 g/mol. The summed E-state index contributed by atoms with van der Waals surface area (Å²) in [5, 5.41) is 2.76. The molecule has 2 rings (SSSR count). The third-order valence-corrected chi connectivity index (χ3v) is 3.79. The zero-order valence-electron chi connectivity index (χ0n) is 13.3. The Morgan fingerprint density at radius 1 is 1.09 bits per heavy atom. The van der Waals surface area contributed by atoms with Crippen LogP contribution in [0, 0.1) is 0 Å². The number of hydrogen-bond donors (Lipinski definition) is 1. The van der Waals surface area contributed by atoms with Crippen molar-refractivity contribution in [2.45, 2.75) is 25.7 Å². The summed E-state index contributed by atoms with van der Waals surface area (Å²) in [5.41, 5.74) is 0.963. The molecule has 6 nitrogen and oxygen atoms in total. The lowest BCUT2D eigenvalue weighted by Gasteiger charge is -2.13. The zero-order chi connectivity index (χ0) is 16.7. The lowest BCUT2D eigenvalue weighted by Crippen LogP contribution is -2.30. The Morgan fingerprint density at radius 3 is 2.35 bits per heavy atom. The first-order valence-electron chi connectivity index (χ1n) is 7.86. The number of fused-ring (bicyclic) bond motifs is 1. The monoisotopic (exact) mass is 318 g/mol.